The highest BCUT2D eigenvalue weighted by Gasteiger charge is 2.34. The Balaban J connectivity index is 1.01. The van der Waals surface area contributed by atoms with Crippen molar-refractivity contribution in [3.63, 3.8) is 0 Å². The van der Waals surface area contributed by atoms with Gasteiger partial charge in [-0.15, -0.1) is 11.3 Å². The summed E-state index contributed by atoms with van der Waals surface area (Å²) in [5.41, 5.74) is 11.1. The average Bonchev–Trinajstić information content (AvgIpc) is 3.70. The summed E-state index contributed by atoms with van der Waals surface area (Å²) in [6.07, 6.45) is 27.1. The second kappa shape index (κ2) is 14.6. The second-order valence-electron chi connectivity index (χ2n) is 15.8. The smallest absolute Gasteiger partial charge is 0.0361 e. The maximum absolute atomic E-state index is 4.65. The standard InChI is InChI=1S/C55H46S/c1-36(37(2)29-30-43-32-42-31-40-33-49-44-21-17-18-26-51(44)56-52(49)35-41(40)34-50(42)55(43,4)5)27-28-38(3)53-45-22-13-15-24-47(45)54(48-25-16-14-23-46(48)53)39-19-11-9-7-6-8-10-12-20-39/h6-7,9-18,20-31,33-35H,1,3,8,19,32H2,2,4-5H3/b7-6-,11-9-,12-10-,28-27-,37-29+,39-20+,43-30+. The van der Waals surface area contributed by atoms with Crippen LogP contribution in [0.2, 0.25) is 0 Å². The van der Waals surface area contributed by atoms with Crippen molar-refractivity contribution in [2.45, 2.75) is 45.4 Å². The maximum atomic E-state index is 4.65. The van der Waals surface area contributed by atoms with Gasteiger partial charge in [-0.2, -0.15) is 0 Å². The normalized spacial score (nSPS) is 19.2. The third-order valence-electron chi connectivity index (χ3n) is 11.9. The Morgan fingerprint density at radius 2 is 1.34 bits per heavy atom. The molecular weight excluding hydrogens is 693 g/mol. The predicted octanol–water partition coefficient (Wildman–Crippen LogP) is 15.9. The molecule has 0 saturated heterocycles. The quantitative estimate of drug-likeness (QED) is 0.118. The van der Waals surface area contributed by atoms with Gasteiger partial charge in [0.05, 0.1) is 0 Å². The molecule has 1 heterocycles. The first-order chi connectivity index (χ1) is 27.3. The molecule has 9 rings (SSSR count). The third-order valence-corrected chi connectivity index (χ3v) is 13.1. The van der Waals surface area contributed by atoms with Crippen molar-refractivity contribution in [3.05, 3.63) is 216 Å². The van der Waals surface area contributed by atoms with Gasteiger partial charge in [0.2, 0.25) is 0 Å². The largest absolute Gasteiger partial charge is 0.135 e. The van der Waals surface area contributed by atoms with Gasteiger partial charge in [0.15, 0.2) is 0 Å². The fourth-order valence-electron chi connectivity index (χ4n) is 8.76. The zero-order chi connectivity index (χ0) is 38.4. The highest BCUT2D eigenvalue weighted by molar-refractivity contribution is 7.25. The zero-order valence-electron chi connectivity index (χ0n) is 32.5. The number of hydrogen-bond acceptors (Lipinski definition) is 1. The summed E-state index contributed by atoms with van der Waals surface area (Å²) in [6, 6.07) is 36.1. The number of thiophene rings is 1. The topological polar surface area (TPSA) is 0 Å². The van der Waals surface area contributed by atoms with E-state index in [0.717, 1.165) is 36.0 Å². The van der Waals surface area contributed by atoms with Gasteiger partial charge in [0, 0.05) is 25.6 Å². The minimum absolute atomic E-state index is 0.0523. The lowest BCUT2D eigenvalue weighted by Crippen LogP contribution is -2.15. The molecule has 6 aromatic carbocycles. The highest BCUT2D eigenvalue weighted by atomic mass is 32.1. The molecule has 0 atom stereocenters. The molecule has 0 saturated carbocycles. The Morgan fingerprint density at radius 3 is 2.11 bits per heavy atom. The zero-order valence-corrected chi connectivity index (χ0v) is 33.3. The van der Waals surface area contributed by atoms with Crippen molar-refractivity contribution < 1.29 is 0 Å². The first-order valence-corrected chi connectivity index (χ1v) is 20.5. The van der Waals surface area contributed by atoms with Crippen LogP contribution in [0.1, 0.15) is 55.9 Å². The van der Waals surface area contributed by atoms with E-state index >= 15 is 0 Å². The van der Waals surface area contributed by atoms with Crippen LogP contribution < -0.4 is 0 Å². The molecule has 0 bridgehead atoms. The number of hydrogen-bond donors (Lipinski definition) is 0. The van der Waals surface area contributed by atoms with Gasteiger partial charge >= 0.3 is 0 Å². The molecule has 2 aliphatic carbocycles. The molecule has 0 aliphatic heterocycles. The minimum atomic E-state index is -0.0523. The van der Waals surface area contributed by atoms with E-state index < -0.39 is 0 Å². The summed E-state index contributed by atoms with van der Waals surface area (Å²) in [6.45, 7) is 16.1. The van der Waals surface area contributed by atoms with E-state index in [2.05, 4.69) is 198 Å². The van der Waals surface area contributed by atoms with Gasteiger partial charge < -0.3 is 0 Å². The maximum Gasteiger partial charge on any atom is 0.0361 e. The molecule has 0 nitrogen and oxygen atoms in total. The summed E-state index contributed by atoms with van der Waals surface area (Å²) < 4.78 is 2.71. The molecule has 0 radical (unpaired) electrons. The Labute approximate surface area is 334 Å². The number of rotatable bonds is 6. The molecule has 0 spiro atoms. The summed E-state index contributed by atoms with van der Waals surface area (Å²) in [5, 5.41) is 10.3. The van der Waals surface area contributed by atoms with Gasteiger partial charge in [0.1, 0.15) is 0 Å². The van der Waals surface area contributed by atoms with E-state index in [1.165, 1.54) is 85.9 Å². The van der Waals surface area contributed by atoms with E-state index in [4.69, 9.17) is 0 Å². The SMILES string of the molecule is C=C(/C=C\C(=C)c1c2ccccc2c(/C2=C/C=C\C/C=C\C=C/C2)c2ccccc12)/C(C)=C/C=C1\Cc2cc3cc4c(cc3cc2C1(C)C)sc1ccccc14. The number of benzene rings is 6. The van der Waals surface area contributed by atoms with E-state index in [1.807, 2.05) is 11.3 Å². The molecule has 1 heteroatoms. The fraction of sp³-hybridized carbons (Fsp3) is 0.127. The van der Waals surface area contributed by atoms with Crippen molar-refractivity contribution in [1.29, 1.82) is 0 Å². The van der Waals surface area contributed by atoms with Gasteiger partial charge in [-0.25, -0.2) is 0 Å². The second-order valence-corrected chi connectivity index (χ2v) is 16.9. The van der Waals surface area contributed by atoms with Crippen LogP contribution in [0.15, 0.2) is 194 Å². The lowest BCUT2D eigenvalue weighted by Gasteiger charge is -2.22. The summed E-state index contributed by atoms with van der Waals surface area (Å²) in [7, 11) is 0. The molecule has 0 amide bonds. The monoisotopic (exact) mass is 738 g/mol. The van der Waals surface area contributed by atoms with Crippen LogP contribution in [0.4, 0.5) is 0 Å². The third kappa shape index (κ3) is 6.37. The number of fused-ring (bicyclic) bond motifs is 7. The minimum Gasteiger partial charge on any atom is -0.135 e. The van der Waals surface area contributed by atoms with Crippen LogP contribution in [0.3, 0.4) is 0 Å². The summed E-state index contributed by atoms with van der Waals surface area (Å²) in [5.74, 6) is 0. The van der Waals surface area contributed by atoms with Crippen LogP contribution in [-0.2, 0) is 11.8 Å². The Kier molecular flexibility index (Phi) is 9.28. The van der Waals surface area contributed by atoms with E-state index in [1.54, 1.807) is 0 Å². The number of allylic oxidation sites excluding steroid dienone is 16. The van der Waals surface area contributed by atoms with E-state index in [-0.39, 0.29) is 5.41 Å². The van der Waals surface area contributed by atoms with Gasteiger partial charge in [0.25, 0.3) is 0 Å². The van der Waals surface area contributed by atoms with Crippen molar-refractivity contribution >= 4 is 75.0 Å². The van der Waals surface area contributed by atoms with Crippen molar-refractivity contribution in [2.24, 2.45) is 0 Å². The lowest BCUT2D eigenvalue weighted by atomic mass is 9.82. The van der Waals surface area contributed by atoms with Crippen molar-refractivity contribution in [3.8, 4) is 0 Å². The predicted molar refractivity (Wildman–Crippen MR) is 249 cm³/mol. The van der Waals surface area contributed by atoms with Gasteiger partial charge in [-0.05, 0) is 127 Å². The Hall–Kier alpha value is -6.02. The van der Waals surface area contributed by atoms with Gasteiger partial charge in [-0.3, -0.25) is 0 Å². The molecule has 272 valence electrons. The van der Waals surface area contributed by atoms with Crippen LogP contribution in [0.25, 0.3) is 63.6 Å². The average molecular weight is 739 g/mol. The molecule has 0 fully saturated rings. The molecular formula is C55H46S. The van der Waals surface area contributed by atoms with Gasteiger partial charge in [-0.1, -0.05) is 172 Å². The highest BCUT2D eigenvalue weighted by Crippen LogP contribution is 2.46. The summed E-state index contributed by atoms with van der Waals surface area (Å²) >= 11 is 1.89. The fourth-order valence-corrected chi connectivity index (χ4v) is 9.89. The Bertz CT molecular complexity index is 2940. The molecule has 7 aromatic rings. The molecule has 0 N–H and O–H groups in total. The summed E-state index contributed by atoms with van der Waals surface area (Å²) in [4.78, 5) is 0. The lowest BCUT2D eigenvalue weighted by molar-refractivity contribution is 0.645. The Morgan fingerprint density at radius 1 is 0.679 bits per heavy atom. The molecule has 0 unspecified atom stereocenters. The molecule has 2 aliphatic rings. The van der Waals surface area contributed by atoms with Crippen molar-refractivity contribution in [2.75, 3.05) is 0 Å². The first-order valence-electron chi connectivity index (χ1n) is 19.7. The van der Waals surface area contributed by atoms with Crippen LogP contribution >= 0.6 is 11.3 Å². The van der Waals surface area contributed by atoms with Crippen LogP contribution in [-0.4, -0.2) is 0 Å². The van der Waals surface area contributed by atoms with Crippen LogP contribution in [0.5, 0.6) is 0 Å². The van der Waals surface area contributed by atoms with E-state index in [0.29, 0.717) is 0 Å². The molecule has 56 heavy (non-hydrogen) atoms. The molecule has 1 aromatic heterocycles. The van der Waals surface area contributed by atoms with Crippen LogP contribution in [0, 0.1) is 0 Å². The van der Waals surface area contributed by atoms with E-state index in [9.17, 15) is 0 Å². The first kappa shape index (κ1) is 35.7. The van der Waals surface area contributed by atoms with Crippen molar-refractivity contribution in [1.82, 2.24) is 0 Å².